The monoisotopic (exact) mass is 339 g/mol. The van der Waals surface area contributed by atoms with Gasteiger partial charge in [-0.05, 0) is 36.8 Å². The number of amides is 1. The van der Waals surface area contributed by atoms with E-state index in [2.05, 4.69) is 12.1 Å². The van der Waals surface area contributed by atoms with E-state index < -0.39 is 6.10 Å². The van der Waals surface area contributed by atoms with Crippen molar-refractivity contribution in [2.45, 2.75) is 44.4 Å². The van der Waals surface area contributed by atoms with Gasteiger partial charge in [0.25, 0.3) is 0 Å². The molecule has 2 aromatic carbocycles. The summed E-state index contributed by atoms with van der Waals surface area (Å²) in [6.45, 7) is 0.905. The standard InChI is InChI=1S/C21H25NO3/c23-20-12-7-15-22(19(20)14-13-17-8-3-1-4-9-17)21(24)25-16-18-10-5-2-6-11-18/h1-6,8-11,19-20,23H,7,12-16H2. The van der Waals surface area contributed by atoms with Gasteiger partial charge >= 0.3 is 6.09 Å². The summed E-state index contributed by atoms with van der Waals surface area (Å²) in [5.74, 6) is 0. The first kappa shape index (κ1) is 17.5. The van der Waals surface area contributed by atoms with Crippen LogP contribution in [-0.2, 0) is 17.8 Å². The summed E-state index contributed by atoms with van der Waals surface area (Å²) in [4.78, 5) is 14.2. The molecule has 25 heavy (non-hydrogen) atoms. The van der Waals surface area contributed by atoms with Crippen LogP contribution in [0.5, 0.6) is 0 Å². The van der Waals surface area contributed by atoms with Gasteiger partial charge in [0.15, 0.2) is 0 Å². The fourth-order valence-electron chi connectivity index (χ4n) is 3.37. The van der Waals surface area contributed by atoms with E-state index in [0.29, 0.717) is 6.54 Å². The van der Waals surface area contributed by atoms with Crippen LogP contribution < -0.4 is 0 Å². The number of aliphatic hydroxyl groups is 1. The number of aliphatic hydroxyl groups excluding tert-OH is 1. The van der Waals surface area contributed by atoms with Gasteiger partial charge in [0.1, 0.15) is 6.61 Å². The molecule has 1 N–H and O–H groups in total. The lowest BCUT2D eigenvalue weighted by Gasteiger charge is -2.38. The first-order chi connectivity index (χ1) is 12.2. The highest BCUT2D eigenvalue weighted by Crippen LogP contribution is 2.23. The molecule has 1 aliphatic heterocycles. The number of hydrogen-bond acceptors (Lipinski definition) is 3. The first-order valence-electron chi connectivity index (χ1n) is 8.93. The van der Waals surface area contributed by atoms with Crippen molar-refractivity contribution >= 4 is 6.09 Å². The van der Waals surface area contributed by atoms with E-state index in [1.54, 1.807) is 4.90 Å². The molecule has 2 atom stereocenters. The normalized spacial score (nSPS) is 20.3. The molecule has 1 amide bonds. The van der Waals surface area contributed by atoms with Crippen molar-refractivity contribution < 1.29 is 14.6 Å². The minimum atomic E-state index is -0.485. The molecule has 4 heteroatoms. The Bertz CT molecular complexity index is 659. The highest BCUT2D eigenvalue weighted by atomic mass is 16.6. The van der Waals surface area contributed by atoms with Crippen LogP contribution in [-0.4, -0.2) is 34.8 Å². The van der Waals surface area contributed by atoms with Crippen LogP contribution in [0.4, 0.5) is 4.79 Å². The fraction of sp³-hybridized carbons (Fsp3) is 0.381. The number of likely N-dealkylation sites (tertiary alicyclic amines) is 1. The Morgan fingerprint density at radius 3 is 2.36 bits per heavy atom. The SMILES string of the molecule is O=C(OCc1ccccc1)N1CCCC(O)C1CCc1ccccc1. The average Bonchev–Trinajstić information content (AvgIpc) is 2.66. The zero-order valence-electron chi connectivity index (χ0n) is 14.4. The Balaban J connectivity index is 1.59. The molecule has 2 aromatic rings. The molecule has 1 saturated heterocycles. The largest absolute Gasteiger partial charge is 0.445 e. The third-order valence-electron chi connectivity index (χ3n) is 4.75. The lowest BCUT2D eigenvalue weighted by molar-refractivity contribution is 0.000494. The Morgan fingerprint density at radius 2 is 1.68 bits per heavy atom. The van der Waals surface area contributed by atoms with Crippen LogP contribution in [0.15, 0.2) is 60.7 Å². The molecule has 3 rings (SSSR count). The van der Waals surface area contributed by atoms with Crippen LogP contribution in [0.1, 0.15) is 30.4 Å². The van der Waals surface area contributed by atoms with Crippen molar-refractivity contribution in [3.8, 4) is 0 Å². The number of hydrogen-bond donors (Lipinski definition) is 1. The molecule has 132 valence electrons. The Morgan fingerprint density at radius 1 is 1.04 bits per heavy atom. The topological polar surface area (TPSA) is 49.8 Å². The highest BCUT2D eigenvalue weighted by molar-refractivity contribution is 5.68. The molecular formula is C21H25NO3. The van der Waals surface area contributed by atoms with Crippen LogP contribution in [0.25, 0.3) is 0 Å². The van der Waals surface area contributed by atoms with Crippen molar-refractivity contribution in [1.29, 1.82) is 0 Å². The average molecular weight is 339 g/mol. The molecule has 0 bridgehead atoms. The summed E-state index contributed by atoms with van der Waals surface area (Å²) in [6.07, 6.45) is 2.31. The molecule has 0 spiro atoms. The molecule has 0 aromatic heterocycles. The van der Waals surface area contributed by atoms with Crippen molar-refractivity contribution in [2.75, 3.05) is 6.54 Å². The van der Waals surface area contributed by atoms with Crippen LogP contribution >= 0.6 is 0 Å². The van der Waals surface area contributed by atoms with E-state index in [1.807, 2.05) is 48.5 Å². The Hall–Kier alpha value is -2.33. The fourth-order valence-corrected chi connectivity index (χ4v) is 3.37. The lowest BCUT2D eigenvalue weighted by atomic mass is 9.93. The molecule has 1 fully saturated rings. The number of piperidine rings is 1. The first-order valence-corrected chi connectivity index (χ1v) is 8.93. The summed E-state index contributed by atoms with van der Waals surface area (Å²) in [7, 11) is 0. The van der Waals surface area contributed by atoms with E-state index in [9.17, 15) is 9.90 Å². The lowest BCUT2D eigenvalue weighted by Crippen LogP contribution is -2.51. The maximum Gasteiger partial charge on any atom is 0.410 e. The summed E-state index contributed by atoms with van der Waals surface area (Å²) < 4.78 is 5.47. The van der Waals surface area contributed by atoms with Gasteiger partial charge < -0.3 is 14.7 Å². The smallest absolute Gasteiger partial charge is 0.410 e. The molecular weight excluding hydrogens is 314 g/mol. The Kier molecular flexibility index (Phi) is 6.07. The summed E-state index contributed by atoms with van der Waals surface area (Å²) in [6, 6.07) is 19.6. The highest BCUT2D eigenvalue weighted by Gasteiger charge is 2.33. The van der Waals surface area contributed by atoms with Gasteiger partial charge in [-0.1, -0.05) is 60.7 Å². The Labute approximate surface area is 149 Å². The van der Waals surface area contributed by atoms with E-state index in [0.717, 1.165) is 31.2 Å². The van der Waals surface area contributed by atoms with E-state index in [4.69, 9.17) is 4.74 Å². The minimum Gasteiger partial charge on any atom is -0.445 e. The molecule has 1 heterocycles. The van der Waals surface area contributed by atoms with E-state index >= 15 is 0 Å². The summed E-state index contributed by atoms with van der Waals surface area (Å²) in [5, 5.41) is 10.4. The number of aryl methyl sites for hydroxylation is 1. The van der Waals surface area contributed by atoms with Crippen LogP contribution in [0.2, 0.25) is 0 Å². The van der Waals surface area contributed by atoms with Gasteiger partial charge in [0.05, 0.1) is 12.1 Å². The van der Waals surface area contributed by atoms with Gasteiger partial charge in [0.2, 0.25) is 0 Å². The second-order valence-electron chi connectivity index (χ2n) is 6.53. The third-order valence-corrected chi connectivity index (χ3v) is 4.75. The second kappa shape index (κ2) is 8.67. The predicted octanol–water partition coefficient (Wildman–Crippen LogP) is 3.78. The number of carbonyl (C=O) groups is 1. The quantitative estimate of drug-likeness (QED) is 0.902. The molecule has 4 nitrogen and oxygen atoms in total. The number of carbonyl (C=O) groups excluding carboxylic acids is 1. The van der Waals surface area contributed by atoms with Crippen molar-refractivity contribution in [3.63, 3.8) is 0 Å². The molecule has 0 radical (unpaired) electrons. The zero-order chi connectivity index (χ0) is 17.5. The van der Waals surface area contributed by atoms with Crippen molar-refractivity contribution in [1.82, 2.24) is 4.90 Å². The molecule has 0 aliphatic carbocycles. The van der Waals surface area contributed by atoms with Gasteiger partial charge in [0, 0.05) is 6.54 Å². The molecule has 1 aliphatic rings. The third kappa shape index (κ3) is 4.83. The zero-order valence-corrected chi connectivity index (χ0v) is 14.4. The van der Waals surface area contributed by atoms with Crippen molar-refractivity contribution in [2.24, 2.45) is 0 Å². The molecule has 2 unspecified atom stereocenters. The summed E-state index contributed by atoms with van der Waals surface area (Å²) in [5.41, 5.74) is 2.19. The minimum absolute atomic E-state index is 0.183. The number of benzene rings is 2. The van der Waals surface area contributed by atoms with Gasteiger partial charge in [-0.3, -0.25) is 0 Å². The number of nitrogens with zero attached hydrogens (tertiary/aromatic N) is 1. The molecule has 0 saturated carbocycles. The maximum absolute atomic E-state index is 12.5. The van der Waals surface area contributed by atoms with Crippen LogP contribution in [0, 0.1) is 0 Å². The van der Waals surface area contributed by atoms with E-state index in [1.165, 1.54) is 5.56 Å². The number of rotatable bonds is 5. The van der Waals surface area contributed by atoms with Gasteiger partial charge in [-0.15, -0.1) is 0 Å². The van der Waals surface area contributed by atoms with Gasteiger partial charge in [-0.2, -0.15) is 0 Å². The second-order valence-corrected chi connectivity index (χ2v) is 6.53. The number of ether oxygens (including phenoxy) is 1. The summed E-state index contributed by atoms with van der Waals surface area (Å²) >= 11 is 0. The predicted molar refractivity (Wildman–Crippen MR) is 97.1 cm³/mol. The van der Waals surface area contributed by atoms with Gasteiger partial charge in [-0.25, -0.2) is 4.79 Å². The maximum atomic E-state index is 12.5. The van der Waals surface area contributed by atoms with Crippen LogP contribution in [0.3, 0.4) is 0 Å². The van der Waals surface area contributed by atoms with Crippen molar-refractivity contribution in [3.05, 3.63) is 71.8 Å². The van der Waals surface area contributed by atoms with E-state index in [-0.39, 0.29) is 18.7 Å².